The van der Waals surface area contributed by atoms with Gasteiger partial charge in [-0.2, -0.15) is 0 Å². The minimum atomic E-state index is -5.43. The van der Waals surface area contributed by atoms with Crippen molar-refractivity contribution >= 4 is 27.3 Å². The maximum atomic E-state index is 13.6. The van der Waals surface area contributed by atoms with E-state index in [4.69, 9.17) is 26.1 Å². The number of anilines is 2. The summed E-state index contributed by atoms with van der Waals surface area (Å²) in [6, 6.07) is 0.216. The fraction of sp³-hybridized carbons (Fsp3) is 0.708. The van der Waals surface area contributed by atoms with Crippen molar-refractivity contribution < 1.29 is 39.3 Å². The van der Waals surface area contributed by atoms with Gasteiger partial charge in [0.1, 0.15) is 0 Å². The van der Waals surface area contributed by atoms with E-state index in [1.165, 1.54) is 0 Å². The zero-order valence-corrected chi connectivity index (χ0v) is 18.5. The molecule has 1 unspecified atom stereocenters. The minimum absolute atomic E-state index is 0.0791. The van der Waals surface area contributed by atoms with Crippen molar-refractivity contribution in [3.63, 3.8) is 0 Å². The van der Waals surface area contributed by atoms with Crippen LogP contribution in [0.2, 0.25) is 1.41 Å². The Kier molecular flexibility index (Phi) is 3.72. The Balaban J connectivity index is 1.77. The van der Waals surface area contributed by atoms with Gasteiger partial charge in [0, 0.05) is 78.6 Å². The third-order valence-corrected chi connectivity index (χ3v) is 6.23. The van der Waals surface area contributed by atoms with Gasteiger partial charge in [-0.15, -0.1) is 0 Å². The number of hydrogen-bond acceptors (Lipinski definition) is 5. The van der Waals surface area contributed by atoms with Gasteiger partial charge in [0.15, 0.2) is 1.41 Å². The van der Waals surface area contributed by atoms with Gasteiger partial charge in [-0.05, 0) is 56.1 Å². The first kappa shape index (κ1) is 9.92. The van der Waals surface area contributed by atoms with Crippen molar-refractivity contribution in [1.29, 1.82) is 0 Å². The molecule has 1 aliphatic heterocycles. The summed E-state index contributed by atoms with van der Waals surface area (Å²) in [5, 5.41) is 0.396. The highest BCUT2D eigenvalue weighted by Gasteiger charge is 2.24. The monoisotopic (exact) mass is 483 g/mol. The van der Waals surface area contributed by atoms with E-state index in [1.54, 1.807) is 9.80 Å². The van der Waals surface area contributed by atoms with E-state index in [-0.39, 0.29) is 72.8 Å². The van der Waals surface area contributed by atoms with Crippen LogP contribution < -0.4 is 10.2 Å². The van der Waals surface area contributed by atoms with Gasteiger partial charge >= 0.3 is 0 Å². The Bertz CT molecular complexity index is 1570. The standard InChI is InChI=1S/C24H40N4O3S/c1-21(29)25-23-11-8-12-24(19-23)28-17-15-27(16-18-28)14-7-6-13-26(2)32(30,31)20-22-9-4-3-5-10-22/h8,11-12,19,22H,3-7,9-10,13-18,20H2,1-2H3,(H,25,29)/i2D3,3D2,4D2,5D2,9D2,10D2,11D,12D,14D,19D,22D/hD. The Hall–Kier alpha value is -1.64. The Morgan fingerprint density at radius 3 is 2.75 bits per heavy atom. The van der Waals surface area contributed by atoms with Gasteiger partial charge in [0.05, 0.1) is 9.87 Å². The third-order valence-electron chi connectivity index (χ3n) is 4.72. The lowest BCUT2D eigenvalue weighted by Gasteiger charge is -2.36. The summed E-state index contributed by atoms with van der Waals surface area (Å²) in [5.41, 5.74) is -0.219. The summed E-state index contributed by atoms with van der Waals surface area (Å²) in [7, 11) is -5.43. The quantitative estimate of drug-likeness (QED) is 0.552. The molecule has 0 aromatic heterocycles. The second-order valence-electron chi connectivity index (χ2n) is 7.17. The second-order valence-corrected chi connectivity index (χ2v) is 9.06. The highest BCUT2D eigenvalue weighted by Crippen LogP contribution is 2.25. The highest BCUT2D eigenvalue weighted by atomic mass is 32.2. The molecule has 0 spiro atoms. The van der Waals surface area contributed by atoms with Crippen LogP contribution in [0.15, 0.2) is 24.2 Å². The summed E-state index contributed by atoms with van der Waals surface area (Å²) in [6.45, 7) is -3.53. The molecule has 1 aromatic rings. The number of hydrogen-bond donors (Lipinski definition) is 1. The minimum Gasteiger partial charge on any atom is -0.369 e. The van der Waals surface area contributed by atoms with E-state index in [2.05, 4.69) is 0 Å². The predicted octanol–water partition coefficient (Wildman–Crippen LogP) is 3.39. The lowest BCUT2D eigenvalue weighted by atomic mass is 9.91. The maximum absolute atomic E-state index is 13.6. The molecule has 0 bridgehead atoms. The molecule has 7 nitrogen and oxygen atoms in total. The zero-order valence-electron chi connectivity index (χ0n) is 36.7. The molecule has 1 saturated carbocycles. The number of carbonyl (C=O) groups excluding carboxylic acids is 1. The largest absolute Gasteiger partial charge is 0.369 e. The normalized spacial score (nSPS) is 37.7. The molecule has 2 aliphatic rings. The molecule has 2 fully saturated rings. The smallest absolute Gasteiger partial charge is 0.221 e. The van der Waals surface area contributed by atoms with Crippen LogP contribution in [0.3, 0.4) is 0 Å². The first-order chi connectivity index (χ1) is 22.8. The summed E-state index contributed by atoms with van der Waals surface area (Å²) in [5.74, 6) is -6.68. The molecule has 1 aliphatic carbocycles. The average Bonchev–Trinajstić information content (AvgIpc) is 2.97. The lowest BCUT2D eigenvalue weighted by Crippen LogP contribution is -2.46. The van der Waals surface area contributed by atoms with E-state index in [1.807, 2.05) is 0 Å². The van der Waals surface area contributed by atoms with Crippen LogP contribution in [-0.2, 0) is 14.8 Å². The fourth-order valence-corrected chi connectivity index (χ4v) is 4.20. The van der Waals surface area contributed by atoms with Gasteiger partial charge in [-0.25, -0.2) is 12.7 Å². The van der Waals surface area contributed by atoms with Crippen LogP contribution in [0.25, 0.3) is 0 Å². The molecule has 1 aromatic carbocycles. The average molecular weight is 484 g/mol. The van der Waals surface area contributed by atoms with Gasteiger partial charge in [-0.3, -0.25) is 9.69 Å². The predicted molar refractivity (Wildman–Crippen MR) is 132 cm³/mol. The molecule has 1 amide bonds. The molecule has 180 valence electrons. The molecule has 1 saturated heterocycles. The van der Waals surface area contributed by atoms with Crippen molar-refractivity contribution in [3.05, 3.63) is 24.2 Å². The lowest BCUT2D eigenvalue weighted by molar-refractivity contribution is -0.114. The Labute approximate surface area is 220 Å². The van der Waals surface area contributed by atoms with Crippen molar-refractivity contribution in [2.24, 2.45) is 5.89 Å². The van der Waals surface area contributed by atoms with Gasteiger partial charge in [0.2, 0.25) is 15.9 Å². The molecule has 32 heavy (non-hydrogen) atoms. The molecule has 0 radical (unpaired) electrons. The third kappa shape index (κ3) is 7.74. The number of nitrogens with zero attached hydrogens (tertiary/aromatic N) is 3. The molecule has 8 heteroatoms. The van der Waals surface area contributed by atoms with Crippen molar-refractivity contribution in [1.82, 2.24) is 9.21 Å². The second kappa shape index (κ2) is 12.0. The zero-order chi connectivity index (χ0) is 39.7. The molecule has 1 N–H and O–H groups in total. The Morgan fingerprint density at radius 2 is 2.06 bits per heavy atom. The number of benzene rings is 1. The summed E-state index contributed by atoms with van der Waals surface area (Å²) in [4.78, 5) is 15.0. The molecular weight excluding hydrogens is 424 g/mol. The topological polar surface area (TPSA) is 73.0 Å². The number of sulfonamides is 1. The number of rotatable bonds is 10. The van der Waals surface area contributed by atoms with Crippen LogP contribution in [-0.4, -0.2) is 75.5 Å². The molecule has 1 heterocycles. The first-order valence-electron chi connectivity index (χ1n) is 19.6. The van der Waals surface area contributed by atoms with Crippen LogP contribution in [0.5, 0.6) is 0 Å². The van der Waals surface area contributed by atoms with E-state index >= 15 is 0 Å². The maximum Gasteiger partial charge on any atom is 0.221 e. The summed E-state index contributed by atoms with van der Waals surface area (Å²) in [6.07, 6.45) is -20.2. The van der Waals surface area contributed by atoms with Crippen LogP contribution >= 0.6 is 0 Å². The Morgan fingerprint density at radius 1 is 1.31 bits per heavy atom. The number of carbonyl (C=O) groups is 1. The van der Waals surface area contributed by atoms with Gasteiger partial charge in [-0.1, -0.05) is 25.2 Å². The molecule has 1 atom stereocenters. The van der Waals surface area contributed by atoms with E-state index < -0.39 is 79.5 Å². The van der Waals surface area contributed by atoms with Gasteiger partial charge < -0.3 is 10.2 Å². The fourth-order valence-electron chi connectivity index (χ4n) is 3.13. The number of amides is 1. The number of nitrogens with one attached hydrogen (secondary N) is 1. The summed E-state index contributed by atoms with van der Waals surface area (Å²) < 4.78 is 181. The van der Waals surface area contributed by atoms with E-state index in [0.717, 1.165) is 13.0 Å². The molecule has 3 rings (SSSR count). The van der Waals surface area contributed by atoms with Crippen molar-refractivity contribution in [2.75, 3.05) is 62.2 Å². The first-order valence-corrected chi connectivity index (χ1v) is 11.7. The van der Waals surface area contributed by atoms with Crippen LogP contribution in [0.1, 0.15) is 76.3 Å². The summed E-state index contributed by atoms with van der Waals surface area (Å²) >= 11 is 0. The van der Waals surface area contributed by atoms with Crippen LogP contribution in [0.4, 0.5) is 11.4 Å². The SMILES string of the molecule is [2H]c1cc([2H])c(N([2H])C(C)=O)c([2H])c1N1CCN(C([2H])CCCN(C([2H])([2H])[2H])S(=O)(=O)CC2([2H])C([2H])([2H])C([2H])([2H])C([2H])([2H])C([2H])([2H])C2([2H])[2H])CC1. The number of piperazine rings is 1. The molecular formula is C24H40N4O3S. The van der Waals surface area contributed by atoms with E-state index in [9.17, 15) is 13.2 Å². The van der Waals surface area contributed by atoms with Crippen molar-refractivity contribution in [3.8, 4) is 0 Å². The highest BCUT2D eigenvalue weighted by molar-refractivity contribution is 7.89. The van der Waals surface area contributed by atoms with E-state index in [0.29, 0.717) is 5.31 Å². The van der Waals surface area contributed by atoms with Crippen LogP contribution in [0, 0.1) is 5.89 Å². The van der Waals surface area contributed by atoms with Crippen molar-refractivity contribution in [2.45, 2.75) is 51.6 Å². The van der Waals surface area contributed by atoms with Gasteiger partial charge in [0.25, 0.3) is 0 Å².